The smallest absolute Gasteiger partial charge is 0.270 e. The summed E-state index contributed by atoms with van der Waals surface area (Å²) in [6.45, 7) is 0.536. The molecule has 0 atom stereocenters. The van der Waals surface area contributed by atoms with Crippen molar-refractivity contribution in [1.82, 2.24) is 20.3 Å². The Labute approximate surface area is 163 Å². The molecule has 6 nitrogen and oxygen atoms in total. The first-order valence-electron chi connectivity index (χ1n) is 9.17. The van der Waals surface area contributed by atoms with E-state index >= 15 is 0 Å². The number of hydrogen-bond acceptors (Lipinski definition) is 4. The van der Waals surface area contributed by atoms with E-state index in [1.807, 2.05) is 66.7 Å². The van der Waals surface area contributed by atoms with Crippen LogP contribution in [0.2, 0.25) is 0 Å². The number of H-pyrrole nitrogens is 1. The quantitative estimate of drug-likeness (QED) is 0.542. The van der Waals surface area contributed by atoms with Gasteiger partial charge in [0.2, 0.25) is 5.95 Å². The summed E-state index contributed by atoms with van der Waals surface area (Å²) in [6.07, 6.45) is 4.35. The van der Waals surface area contributed by atoms with E-state index in [4.69, 9.17) is 0 Å². The summed E-state index contributed by atoms with van der Waals surface area (Å²) in [5, 5.41) is 4.13. The second kappa shape index (κ2) is 7.92. The third-order valence-electron chi connectivity index (χ3n) is 4.67. The summed E-state index contributed by atoms with van der Waals surface area (Å²) in [5.41, 5.74) is 3.60. The molecular weight excluding hydrogens is 350 g/mol. The molecular formula is C22H21N5O. The van der Waals surface area contributed by atoms with Crippen LogP contribution in [-0.4, -0.2) is 34.5 Å². The molecule has 0 aliphatic heterocycles. The topological polar surface area (TPSA) is 73.9 Å². The molecule has 2 N–H and O–H groups in total. The molecule has 0 saturated carbocycles. The molecule has 140 valence electrons. The zero-order valence-corrected chi connectivity index (χ0v) is 15.6. The summed E-state index contributed by atoms with van der Waals surface area (Å²) >= 11 is 0. The Hall–Kier alpha value is -3.67. The predicted octanol–water partition coefficient (Wildman–Crippen LogP) is 3.70. The molecule has 0 radical (unpaired) electrons. The zero-order chi connectivity index (χ0) is 19.3. The summed E-state index contributed by atoms with van der Waals surface area (Å²) < 4.78 is 0. The molecule has 0 unspecified atom stereocenters. The molecule has 28 heavy (non-hydrogen) atoms. The largest absolute Gasteiger partial charge is 0.361 e. The van der Waals surface area contributed by atoms with Crippen LogP contribution in [0.1, 0.15) is 16.1 Å². The third-order valence-corrected chi connectivity index (χ3v) is 4.67. The van der Waals surface area contributed by atoms with Crippen LogP contribution in [0.4, 0.5) is 11.6 Å². The number of nitrogens with one attached hydrogen (secondary N) is 2. The van der Waals surface area contributed by atoms with E-state index in [0.29, 0.717) is 18.2 Å². The van der Waals surface area contributed by atoms with E-state index in [2.05, 4.69) is 26.3 Å². The Morgan fingerprint density at radius 3 is 2.71 bits per heavy atom. The van der Waals surface area contributed by atoms with Gasteiger partial charge in [0, 0.05) is 42.6 Å². The molecule has 0 spiro atoms. The lowest BCUT2D eigenvalue weighted by atomic mass is 10.1. The SMILES string of the molecule is CN(c1ccccc1)c1nccc(C(=O)NCCc2c[nH]c3ccccc23)n1. The van der Waals surface area contributed by atoms with E-state index in [1.165, 1.54) is 10.9 Å². The molecule has 0 aliphatic rings. The van der Waals surface area contributed by atoms with E-state index in [1.54, 1.807) is 12.3 Å². The highest BCUT2D eigenvalue weighted by atomic mass is 16.1. The van der Waals surface area contributed by atoms with Crippen LogP contribution in [0, 0.1) is 0 Å². The first kappa shape index (κ1) is 17.7. The lowest BCUT2D eigenvalue weighted by Gasteiger charge is -2.17. The summed E-state index contributed by atoms with van der Waals surface area (Å²) in [5.74, 6) is 0.278. The van der Waals surface area contributed by atoms with Gasteiger partial charge in [-0.05, 0) is 36.2 Å². The number of nitrogens with zero attached hydrogens (tertiary/aromatic N) is 3. The van der Waals surface area contributed by atoms with Crippen molar-refractivity contribution in [3.05, 3.63) is 84.3 Å². The van der Waals surface area contributed by atoms with Gasteiger partial charge in [0.1, 0.15) is 5.69 Å². The Kier molecular flexibility index (Phi) is 5.01. The van der Waals surface area contributed by atoms with Crippen LogP contribution in [0.15, 0.2) is 73.1 Å². The second-order valence-electron chi connectivity index (χ2n) is 6.50. The van der Waals surface area contributed by atoms with Gasteiger partial charge in [-0.3, -0.25) is 4.79 Å². The van der Waals surface area contributed by atoms with E-state index < -0.39 is 0 Å². The van der Waals surface area contributed by atoms with Crippen molar-refractivity contribution in [3.63, 3.8) is 0 Å². The number of amides is 1. The van der Waals surface area contributed by atoms with Crippen LogP contribution < -0.4 is 10.2 Å². The molecule has 0 fully saturated rings. The number of fused-ring (bicyclic) bond motifs is 1. The van der Waals surface area contributed by atoms with Crippen molar-refractivity contribution >= 4 is 28.4 Å². The molecule has 2 heterocycles. The fourth-order valence-corrected chi connectivity index (χ4v) is 3.14. The third kappa shape index (κ3) is 3.71. The zero-order valence-electron chi connectivity index (χ0n) is 15.6. The van der Waals surface area contributed by atoms with Crippen LogP contribution in [-0.2, 0) is 6.42 Å². The lowest BCUT2D eigenvalue weighted by molar-refractivity contribution is 0.0949. The van der Waals surface area contributed by atoms with Crippen molar-refractivity contribution in [1.29, 1.82) is 0 Å². The number of aromatic amines is 1. The molecule has 4 rings (SSSR count). The molecule has 4 aromatic rings. The lowest BCUT2D eigenvalue weighted by Crippen LogP contribution is -2.27. The maximum Gasteiger partial charge on any atom is 0.270 e. The summed E-state index contributed by atoms with van der Waals surface area (Å²) in [4.78, 5) is 26.3. The highest BCUT2D eigenvalue weighted by Gasteiger charge is 2.12. The maximum atomic E-state index is 12.5. The first-order valence-corrected chi connectivity index (χ1v) is 9.17. The van der Waals surface area contributed by atoms with E-state index in [9.17, 15) is 4.79 Å². The van der Waals surface area contributed by atoms with Crippen LogP contribution in [0.5, 0.6) is 0 Å². The molecule has 2 aromatic heterocycles. The average molecular weight is 371 g/mol. The number of carbonyl (C=O) groups is 1. The number of para-hydroxylation sites is 2. The molecule has 0 bridgehead atoms. The number of anilines is 2. The van der Waals surface area contributed by atoms with E-state index in [0.717, 1.165) is 17.6 Å². The normalized spacial score (nSPS) is 10.8. The number of aromatic nitrogens is 3. The van der Waals surface area contributed by atoms with Gasteiger partial charge < -0.3 is 15.2 Å². The Morgan fingerprint density at radius 2 is 1.86 bits per heavy atom. The monoisotopic (exact) mass is 371 g/mol. The van der Waals surface area contributed by atoms with Crippen molar-refractivity contribution in [3.8, 4) is 0 Å². The Morgan fingerprint density at radius 1 is 1.07 bits per heavy atom. The van der Waals surface area contributed by atoms with Gasteiger partial charge in [-0.1, -0.05) is 36.4 Å². The highest BCUT2D eigenvalue weighted by molar-refractivity contribution is 5.92. The van der Waals surface area contributed by atoms with Gasteiger partial charge in [0.25, 0.3) is 5.91 Å². The fourth-order valence-electron chi connectivity index (χ4n) is 3.14. The van der Waals surface area contributed by atoms with Crippen molar-refractivity contribution in [2.45, 2.75) is 6.42 Å². The van der Waals surface area contributed by atoms with Gasteiger partial charge in [0.15, 0.2) is 0 Å². The number of benzene rings is 2. The Balaban J connectivity index is 1.41. The van der Waals surface area contributed by atoms with Crippen LogP contribution in [0.3, 0.4) is 0 Å². The average Bonchev–Trinajstić information content (AvgIpc) is 3.17. The van der Waals surface area contributed by atoms with Gasteiger partial charge in [0.05, 0.1) is 0 Å². The highest BCUT2D eigenvalue weighted by Crippen LogP contribution is 2.19. The predicted molar refractivity (Wildman–Crippen MR) is 111 cm³/mol. The van der Waals surface area contributed by atoms with Gasteiger partial charge >= 0.3 is 0 Å². The van der Waals surface area contributed by atoms with Crippen molar-refractivity contribution < 1.29 is 4.79 Å². The summed E-state index contributed by atoms with van der Waals surface area (Å²) in [6, 6.07) is 19.6. The van der Waals surface area contributed by atoms with Crippen molar-refractivity contribution in [2.75, 3.05) is 18.5 Å². The van der Waals surface area contributed by atoms with Crippen LogP contribution >= 0.6 is 0 Å². The number of hydrogen-bond donors (Lipinski definition) is 2. The first-order chi connectivity index (χ1) is 13.7. The number of carbonyl (C=O) groups excluding carboxylic acids is 1. The molecule has 1 amide bonds. The molecule has 2 aromatic carbocycles. The minimum Gasteiger partial charge on any atom is -0.361 e. The van der Waals surface area contributed by atoms with Crippen molar-refractivity contribution in [2.24, 2.45) is 0 Å². The molecule has 6 heteroatoms. The standard InChI is InChI=1S/C22H21N5O/c1-27(17-7-3-2-4-8-17)22-24-14-12-20(26-22)21(28)23-13-11-16-15-25-19-10-6-5-9-18(16)19/h2-10,12,14-15,25H,11,13H2,1H3,(H,23,28). The van der Waals surface area contributed by atoms with Gasteiger partial charge in [-0.2, -0.15) is 0 Å². The summed E-state index contributed by atoms with van der Waals surface area (Å²) in [7, 11) is 1.88. The van der Waals surface area contributed by atoms with Gasteiger partial charge in [-0.25, -0.2) is 9.97 Å². The minimum atomic E-state index is -0.204. The van der Waals surface area contributed by atoms with Gasteiger partial charge in [-0.15, -0.1) is 0 Å². The maximum absolute atomic E-state index is 12.5. The minimum absolute atomic E-state index is 0.204. The number of rotatable bonds is 6. The van der Waals surface area contributed by atoms with E-state index in [-0.39, 0.29) is 5.91 Å². The molecule has 0 saturated heterocycles. The van der Waals surface area contributed by atoms with Crippen LogP contribution in [0.25, 0.3) is 10.9 Å². The fraction of sp³-hybridized carbons (Fsp3) is 0.136. The second-order valence-corrected chi connectivity index (χ2v) is 6.50. The Bertz CT molecular complexity index is 1090. The molecule has 0 aliphatic carbocycles.